The van der Waals surface area contributed by atoms with Crippen molar-refractivity contribution in [3.63, 3.8) is 0 Å². The van der Waals surface area contributed by atoms with Crippen molar-refractivity contribution in [2.75, 3.05) is 6.26 Å². The first-order chi connectivity index (χ1) is 12.4. The molecule has 0 atom stereocenters. The Morgan fingerprint density at radius 3 is 2.04 bits per heavy atom. The Bertz CT molecular complexity index is 1190. The third-order valence-electron chi connectivity index (χ3n) is 4.62. The second-order valence-electron chi connectivity index (χ2n) is 6.58. The Labute approximate surface area is 153 Å². The molecule has 0 saturated carbocycles. The van der Waals surface area contributed by atoms with Crippen LogP contribution in [-0.2, 0) is 9.84 Å². The van der Waals surface area contributed by atoms with E-state index in [9.17, 15) is 8.42 Å². The molecule has 0 aliphatic carbocycles. The number of H-pyrrole nitrogens is 1. The predicted octanol–water partition coefficient (Wildman–Crippen LogP) is 5.21. The zero-order chi connectivity index (χ0) is 18.3. The van der Waals surface area contributed by atoms with Crippen molar-refractivity contribution in [3.8, 4) is 22.4 Å². The minimum absolute atomic E-state index is 0.328. The lowest BCUT2D eigenvalue weighted by Crippen LogP contribution is -1.96. The second-order valence-corrected chi connectivity index (χ2v) is 8.60. The number of nitrogens with one attached hydrogen (secondary N) is 1. The standard InChI is InChI=1S/C22H19NO2S/c1-15-7-9-16(10-8-15)21-19-5-3-4-6-20(19)23-22(21)17-11-13-18(14-12-17)26(2,24)25/h3-14,23H,1-2H3. The van der Waals surface area contributed by atoms with Crippen LogP contribution in [0.15, 0.2) is 77.7 Å². The number of fused-ring (bicyclic) bond motifs is 1. The Hall–Kier alpha value is -2.85. The quantitative estimate of drug-likeness (QED) is 0.544. The fourth-order valence-corrected chi connectivity index (χ4v) is 3.88. The Morgan fingerprint density at radius 2 is 1.38 bits per heavy atom. The zero-order valence-electron chi connectivity index (χ0n) is 14.7. The number of sulfone groups is 1. The van der Waals surface area contributed by atoms with Gasteiger partial charge in [-0.3, -0.25) is 0 Å². The molecule has 3 aromatic carbocycles. The van der Waals surface area contributed by atoms with Gasteiger partial charge < -0.3 is 4.98 Å². The van der Waals surface area contributed by atoms with E-state index in [0.29, 0.717) is 4.90 Å². The third kappa shape index (κ3) is 2.93. The SMILES string of the molecule is Cc1ccc(-c2c(-c3ccc(S(C)(=O)=O)cc3)[nH]c3ccccc23)cc1. The van der Waals surface area contributed by atoms with Crippen molar-refractivity contribution >= 4 is 20.7 Å². The smallest absolute Gasteiger partial charge is 0.175 e. The maximum Gasteiger partial charge on any atom is 0.175 e. The number of para-hydroxylation sites is 1. The Morgan fingerprint density at radius 1 is 0.769 bits per heavy atom. The van der Waals surface area contributed by atoms with Gasteiger partial charge in [-0.25, -0.2) is 8.42 Å². The molecule has 4 heteroatoms. The van der Waals surface area contributed by atoms with Crippen molar-refractivity contribution in [1.82, 2.24) is 4.98 Å². The van der Waals surface area contributed by atoms with Crippen LogP contribution in [0, 0.1) is 6.92 Å². The van der Waals surface area contributed by atoms with Gasteiger partial charge >= 0.3 is 0 Å². The number of benzene rings is 3. The summed E-state index contributed by atoms with van der Waals surface area (Å²) < 4.78 is 23.5. The van der Waals surface area contributed by atoms with E-state index in [0.717, 1.165) is 33.3 Å². The molecule has 0 radical (unpaired) electrons. The monoisotopic (exact) mass is 361 g/mol. The first-order valence-corrected chi connectivity index (χ1v) is 10.3. The zero-order valence-corrected chi connectivity index (χ0v) is 15.5. The molecule has 1 aromatic heterocycles. The lowest BCUT2D eigenvalue weighted by atomic mass is 9.98. The van der Waals surface area contributed by atoms with Crippen molar-refractivity contribution in [1.29, 1.82) is 0 Å². The summed E-state index contributed by atoms with van der Waals surface area (Å²) >= 11 is 0. The first-order valence-electron chi connectivity index (χ1n) is 8.42. The predicted molar refractivity (Wildman–Crippen MR) is 107 cm³/mol. The van der Waals surface area contributed by atoms with Crippen LogP contribution in [0.1, 0.15) is 5.56 Å². The van der Waals surface area contributed by atoms with Gasteiger partial charge in [-0.1, -0.05) is 60.2 Å². The molecule has 0 unspecified atom stereocenters. The highest BCUT2D eigenvalue weighted by molar-refractivity contribution is 7.90. The van der Waals surface area contributed by atoms with E-state index in [4.69, 9.17) is 0 Å². The van der Waals surface area contributed by atoms with Crippen LogP contribution < -0.4 is 0 Å². The number of aromatic nitrogens is 1. The fraction of sp³-hybridized carbons (Fsp3) is 0.0909. The van der Waals surface area contributed by atoms with Crippen molar-refractivity contribution in [2.24, 2.45) is 0 Å². The van der Waals surface area contributed by atoms with Crippen LogP contribution in [0.3, 0.4) is 0 Å². The summed E-state index contributed by atoms with van der Waals surface area (Å²) in [4.78, 5) is 3.83. The van der Waals surface area contributed by atoms with E-state index in [1.54, 1.807) is 12.1 Å². The highest BCUT2D eigenvalue weighted by Gasteiger charge is 2.15. The van der Waals surface area contributed by atoms with Gasteiger partial charge in [0.05, 0.1) is 10.6 Å². The maximum absolute atomic E-state index is 11.7. The molecular weight excluding hydrogens is 342 g/mol. The highest BCUT2D eigenvalue weighted by Crippen LogP contribution is 2.38. The Kier molecular flexibility index (Phi) is 3.93. The topological polar surface area (TPSA) is 49.9 Å². The van der Waals surface area contributed by atoms with Crippen LogP contribution in [-0.4, -0.2) is 19.7 Å². The van der Waals surface area contributed by atoms with E-state index in [1.165, 1.54) is 11.8 Å². The number of aromatic amines is 1. The minimum atomic E-state index is -3.20. The molecule has 0 amide bonds. The molecule has 0 fully saturated rings. The normalized spacial score (nSPS) is 11.8. The second kappa shape index (κ2) is 6.15. The van der Waals surface area contributed by atoms with Crippen LogP contribution >= 0.6 is 0 Å². The Balaban J connectivity index is 1.95. The van der Waals surface area contributed by atoms with Gasteiger partial charge in [-0.15, -0.1) is 0 Å². The number of hydrogen-bond donors (Lipinski definition) is 1. The molecule has 0 bridgehead atoms. The molecule has 0 aliphatic heterocycles. The molecule has 0 saturated heterocycles. The fourth-order valence-electron chi connectivity index (χ4n) is 3.25. The molecule has 4 rings (SSSR count). The van der Waals surface area contributed by atoms with Crippen LogP contribution in [0.4, 0.5) is 0 Å². The van der Waals surface area contributed by atoms with Crippen molar-refractivity contribution < 1.29 is 8.42 Å². The molecule has 26 heavy (non-hydrogen) atoms. The summed E-state index contributed by atoms with van der Waals surface area (Å²) in [6.07, 6.45) is 1.22. The average molecular weight is 361 g/mol. The average Bonchev–Trinajstić information content (AvgIpc) is 3.01. The van der Waals surface area contributed by atoms with Crippen LogP contribution in [0.25, 0.3) is 33.3 Å². The van der Waals surface area contributed by atoms with Gasteiger partial charge in [0, 0.05) is 22.7 Å². The van der Waals surface area contributed by atoms with Crippen molar-refractivity contribution in [2.45, 2.75) is 11.8 Å². The molecule has 130 valence electrons. The van der Waals surface area contributed by atoms with Crippen molar-refractivity contribution in [3.05, 3.63) is 78.4 Å². The van der Waals surface area contributed by atoms with E-state index in [2.05, 4.69) is 48.3 Å². The lowest BCUT2D eigenvalue weighted by Gasteiger charge is -2.07. The van der Waals surface area contributed by atoms with Gasteiger partial charge in [-0.2, -0.15) is 0 Å². The third-order valence-corrected chi connectivity index (χ3v) is 5.75. The summed E-state index contributed by atoms with van der Waals surface area (Å²) in [6, 6.07) is 23.7. The highest BCUT2D eigenvalue weighted by atomic mass is 32.2. The van der Waals surface area contributed by atoms with E-state index >= 15 is 0 Å². The van der Waals surface area contributed by atoms with Crippen LogP contribution in [0.5, 0.6) is 0 Å². The number of hydrogen-bond acceptors (Lipinski definition) is 2. The van der Waals surface area contributed by atoms with Gasteiger partial charge in [0.15, 0.2) is 9.84 Å². The molecule has 4 aromatic rings. The first kappa shape index (κ1) is 16.6. The molecule has 3 nitrogen and oxygen atoms in total. The number of aryl methyl sites for hydroxylation is 1. The summed E-state index contributed by atoms with van der Waals surface area (Å²) in [6.45, 7) is 2.07. The summed E-state index contributed by atoms with van der Waals surface area (Å²) in [5.41, 5.74) is 6.50. The minimum Gasteiger partial charge on any atom is -0.354 e. The molecule has 1 N–H and O–H groups in total. The van der Waals surface area contributed by atoms with Gasteiger partial charge in [0.1, 0.15) is 0 Å². The summed E-state index contributed by atoms with van der Waals surface area (Å²) in [7, 11) is -3.20. The van der Waals surface area contributed by atoms with E-state index in [1.807, 2.05) is 24.3 Å². The van der Waals surface area contributed by atoms with E-state index < -0.39 is 9.84 Å². The van der Waals surface area contributed by atoms with E-state index in [-0.39, 0.29) is 0 Å². The molecule has 0 spiro atoms. The summed E-state index contributed by atoms with van der Waals surface area (Å²) in [5, 5.41) is 1.15. The largest absolute Gasteiger partial charge is 0.354 e. The van der Waals surface area contributed by atoms with Crippen LogP contribution in [0.2, 0.25) is 0 Å². The van der Waals surface area contributed by atoms with Gasteiger partial charge in [0.25, 0.3) is 0 Å². The lowest BCUT2D eigenvalue weighted by molar-refractivity contribution is 0.602. The summed E-state index contributed by atoms with van der Waals surface area (Å²) in [5.74, 6) is 0. The van der Waals surface area contributed by atoms with Gasteiger partial charge in [0.2, 0.25) is 0 Å². The molecular formula is C22H19NO2S. The molecule has 0 aliphatic rings. The maximum atomic E-state index is 11.7. The van der Waals surface area contributed by atoms with Gasteiger partial charge in [-0.05, 0) is 36.2 Å². The molecule has 1 heterocycles. The number of rotatable bonds is 3.